The Balaban J connectivity index is 2.02. The SMILES string of the molecule is Cc1csc(C2=NNC(=O)[C@H]3C=CC=C[C@H]23)c1. The number of carbonyl (C=O) groups is 1. The number of fused-ring (bicyclic) bond motifs is 1. The van der Waals surface area contributed by atoms with Gasteiger partial charge in [0.15, 0.2) is 0 Å². The van der Waals surface area contributed by atoms with Crippen LogP contribution >= 0.6 is 11.3 Å². The summed E-state index contributed by atoms with van der Waals surface area (Å²) in [6.45, 7) is 2.07. The van der Waals surface area contributed by atoms with Gasteiger partial charge < -0.3 is 0 Å². The van der Waals surface area contributed by atoms with Gasteiger partial charge in [-0.3, -0.25) is 4.79 Å². The first-order chi connectivity index (χ1) is 8.25. The molecular weight excluding hydrogens is 232 g/mol. The molecule has 0 bridgehead atoms. The molecule has 1 aromatic rings. The van der Waals surface area contributed by atoms with Crippen LogP contribution < -0.4 is 5.43 Å². The fourth-order valence-electron chi connectivity index (χ4n) is 2.17. The van der Waals surface area contributed by atoms with Gasteiger partial charge in [-0.25, -0.2) is 5.43 Å². The van der Waals surface area contributed by atoms with Gasteiger partial charge in [0.1, 0.15) is 0 Å². The van der Waals surface area contributed by atoms with Gasteiger partial charge >= 0.3 is 0 Å². The van der Waals surface area contributed by atoms with E-state index in [2.05, 4.69) is 35.0 Å². The molecule has 3 rings (SSSR count). The molecular formula is C13H12N2OS. The molecule has 1 amide bonds. The molecule has 2 atom stereocenters. The first-order valence-electron chi connectivity index (χ1n) is 5.53. The number of hydrogen-bond donors (Lipinski definition) is 1. The van der Waals surface area contributed by atoms with Crippen LogP contribution in [0.15, 0.2) is 40.9 Å². The fraction of sp³-hybridized carbons (Fsp3) is 0.231. The molecule has 3 nitrogen and oxygen atoms in total. The van der Waals surface area contributed by atoms with Crippen LogP contribution in [0.2, 0.25) is 0 Å². The summed E-state index contributed by atoms with van der Waals surface area (Å²) in [5.41, 5.74) is 4.81. The lowest BCUT2D eigenvalue weighted by molar-refractivity contribution is -0.124. The van der Waals surface area contributed by atoms with Crippen LogP contribution in [-0.2, 0) is 4.79 Å². The smallest absolute Gasteiger partial charge is 0.248 e. The minimum Gasteiger partial charge on any atom is -0.272 e. The quantitative estimate of drug-likeness (QED) is 0.808. The van der Waals surface area contributed by atoms with Crippen LogP contribution in [0.4, 0.5) is 0 Å². The normalized spacial score (nSPS) is 26.4. The second kappa shape index (κ2) is 3.96. The van der Waals surface area contributed by atoms with Gasteiger partial charge in [0.2, 0.25) is 5.91 Å². The fourth-order valence-corrected chi connectivity index (χ4v) is 3.11. The van der Waals surface area contributed by atoms with Crippen molar-refractivity contribution >= 4 is 23.0 Å². The van der Waals surface area contributed by atoms with Gasteiger partial charge in [0.05, 0.1) is 16.5 Å². The Kier molecular flexibility index (Phi) is 2.44. The zero-order valence-corrected chi connectivity index (χ0v) is 10.2. The van der Waals surface area contributed by atoms with E-state index in [1.54, 1.807) is 11.3 Å². The van der Waals surface area contributed by atoms with Crippen molar-refractivity contribution in [3.63, 3.8) is 0 Å². The summed E-state index contributed by atoms with van der Waals surface area (Å²) < 4.78 is 0. The molecule has 1 aromatic heterocycles. The van der Waals surface area contributed by atoms with Gasteiger partial charge in [-0.2, -0.15) is 5.10 Å². The molecule has 0 saturated heterocycles. The molecule has 0 spiro atoms. The Morgan fingerprint density at radius 1 is 1.29 bits per heavy atom. The van der Waals surface area contributed by atoms with E-state index < -0.39 is 0 Å². The first kappa shape index (κ1) is 10.5. The van der Waals surface area contributed by atoms with Crippen molar-refractivity contribution in [2.24, 2.45) is 16.9 Å². The van der Waals surface area contributed by atoms with Crippen LogP contribution in [0, 0.1) is 18.8 Å². The van der Waals surface area contributed by atoms with Gasteiger partial charge in [-0.15, -0.1) is 11.3 Å². The van der Waals surface area contributed by atoms with Crippen LogP contribution in [0.1, 0.15) is 10.4 Å². The monoisotopic (exact) mass is 244 g/mol. The number of thiophene rings is 1. The van der Waals surface area contributed by atoms with Crippen molar-refractivity contribution in [3.05, 3.63) is 46.2 Å². The molecule has 0 aromatic carbocycles. The van der Waals surface area contributed by atoms with E-state index in [1.165, 1.54) is 5.56 Å². The lowest BCUT2D eigenvalue weighted by atomic mass is 9.82. The number of allylic oxidation sites excluding steroid dienone is 3. The van der Waals surface area contributed by atoms with Crippen molar-refractivity contribution in [2.45, 2.75) is 6.92 Å². The van der Waals surface area contributed by atoms with Crippen molar-refractivity contribution in [1.82, 2.24) is 5.43 Å². The Morgan fingerprint density at radius 2 is 2.06 bits per heavy atom. The highest BCUT2D eigenvalue weighted by Gasteiger charge is 2.34. The van der Waals surface area contributed by atoms with E-state index >= 15 is 0 Å². The Hall–Kier alpha value is -1.68. The van der Waals surface area contributed by atoms with E-state index in [1.807, 2.05) is 18.2 Å². The highest BCUT2D eigenvalue weighted by atomic mass is 32.1. The lowest BCUT2D eigenvalue weighted by Crippen LogP contribution is -2.40. The molecule has 86 valence electrons. The van der Waals surface area contributed by atoms with Gasteiger partial charge in [-0.05, 0) is 23.9 Å². The standard InChI is InChI=1S/C13H12N2OS/c1-8-6-11(17-7-8)12-9-4-2-3-5-10(9)13(16)15-14-12/h2-7,9-10H,1H3,(H,15,16)/t9-,10-/m0/s1. The number of carbonyl (C=O) groups excluding carboxylic acids is 1. The number of hydrogen-bond acceptors (Lipinski definition) is 3. The average Bonchev–Trinajstić information content (AvgIpc) is 2.77. The van der Waals surface area contributed by atoms with E-state index in [0.717, 1.165) is 10.6 Å². The summed E-state index contributed by atoms with van der Waals surface area (Å²) in [6.07, 6.45) is 7.89. The topological polar surface area (TPSA) is 41.5 Å². The van der Waals surface area contributed by atoms with Crippen LogP contribution in [0.3, 0.4) is 0 Å². The zero-order valence-electron chi connectivity index (χ0n) is 9.38. The summed E-state index contributed by atoms with van der Waals surface area (Å²) in [6, 6.07) is 2.12. The largest absolute Gasteiger partial charge is 0.272 e. The van der Waals surface area contributed by atoms with Crippen molar-refractivity contribution in [1.29, 1.82) is 0 Å². The van der Waals surface area contributed by atoms with Crippen molar-refractivity contribution in [2.75, 3.05) is 0 Å². The summed E-state index contributed by atoms with van der Waals surface area (Å²) in [5.74, 6) is -0.0608. The number of nitrogens with one attached hydrogen (secondary N) is 1. The van der Waals surface area contributed by atoms with Crippen LogP contribution in [0.5, 0.6) is 0 Å². The zero-order chi connectivity index (χ0) is 11.8. The van der Waals surface area contributed by atoms with Gasteiger partial charge in [-0.1, -0.05) is 24.3 Å². The number of aryl methyl sites for hydroxylation is 1. The molecule has 2 aliphatic rings. The molecule has 1 aliphatic carbocycles. The minimum atomic E-state index is -0.116. The predicted octanol–water partition coefficient (Wildman–Crippen LogP) is 2.25. The second-order valence-electron chi connectivity index (χ2n) is 4.28. The minimum absolute atomic E-state index is 0.0207. The number of hydrazone groups is 1. The molecule has 17 heavy (non-hydrogen) atoms. The molecule has 1 N–H and O–H groups in total. The summed E-state index contributed by atoms with van der Waals surface area (Å²) in [7, 11) is 0. The number of nitrogens with zero attached hydrogens (tertiary/aromatic N) is 1. The van der Waals surface area contributed by atoms with Crippen molar-refractivity contribution in [3.8, 4) is 0 Å². The third-order valence-electron chi connectivity index (χ3n) is 3.02. The van der Waals surface area contributed by atoms with E-state index in [0.29, 0.717) is 0 Å². The van der Waals surface area contributed by atoms with E-state index in [9.17, 15) is 4.79 Å². The van der Waals surface area contributed by atoms with Gasteiger partial charge in [0.25, 0.3) is 0 Å². The molecule has 4 heteroatoms. The maximum atomic E-state index is 11.7. The highest BCUT2D eigenvalue weighted by molar-refractivity contribution is 7.12. The molecule has 1 aliphatic heterocycles. The van der Waals surface area contributed by atoms with Crippen LogP contribution in [-0.4, -0.2) is 11.6 Å². The van der Waals surface area contributed by atoms with E-state index in [4.69, 9.17) is 0 Å². The summed E-state index contributed by atoms with van der Waals surface area (Å²) in [4.78, 5) is 12.8. The molecule has 0 saturated carbocycles. The maximum Gasteiger partial charge on any atom is 0.248 e. The van der Waals surface area contributed by atoms with Crippen molar-refractivity contribution < 1.29 is 4.79 Å². The Labute approximate surface area is 104 Å². The molecule has 0 fully saturated rings. The average molecular weight is 244 g/mol. The lowest BCUT2D eigenvalue weighted by Gasteiger charge is -2.27. The van der Waals surface area contributed by atoms with E-state index in [-0.39, 0.29) is 17.7 Å². The molecule has 0 radical (unpaired) electrons. The second-order valence-corrected chi connectivity index (χ2v) is 5.19. The third-order valence-corrected chi connectivity index (χ3v) is 4.09. The predicted molar refractivity (Wildman–Crippen MR) is 69.0 cm³/mol. The van der Waals surface area contributed by atoms with Gasteiger partial charge in [0, 0.05) is 5.92 Å². The van der Waals surface area contributed by atoms with Crippen LogP contribution in [0.25, 0.3) is 0 Å². The Bertz CT molecular complexity index is 554. The maximum absolute atomic E-state index is 11.7. The summed E-state index contributed by atoms with van der Waals surface area (Å²) in [5, 5.41) is 6.32. The summed E-state index contributed by atoms with van der Waals surface area (Å²) >= 11 is 1.67. The third kappa shape index (κ3) is 1.74. The first-order valence-corrected chi connectivity index (χ1v) is 6.41. The number of rotatable bonds is 1. The Morgan fingerprint density at radius 3 is 2.76 bits per heavy atom. The number of amides is 1. The molecule has 2 heterocycles. The molecule has 0 unspecified atom stereocenters. The highest BCUT2D eigenvalue weighted by Crippen LogP contribution is 2.29.